The molecule has 0 fully saturated rings. The van der Waals surface area contributed by atoms with E-state index in [1.807, 2.05) is 0 Å². The number of aromatic nitrogens is 1. The molecule has 0 saturated carbocycles. The van der Waals surface area contributed by atoms with Gasteiger partial charge in [-0.25, -0.2) is 9.72 Å². The van der Waals surface area contributed by atoms with Crippen LogP contribution in [0.4, 0.5) is 13.2 Å². The zero-order chi connectivity index (χ0) is 14.9. The fraction of sp³-hybridized carbons (Fsp3) is 0.167. The van der Waals surface area contributed by atoms with E-state index in [4.69, 9.17) is 4.74 Å². The monoisotopic (exact) mass is 286 g/mol. The van der Waals surface area contributed by atoms with E-state index in [2.05, 4.69) is 4.99 Å². The molecule has 0 radical (unpaired) electrons. The molecule has 5 nitrogen and oxygen atoms in total. The number of benzene rings is 1. The molecule has 0 spiro atoms. The molecule has 1 aliphatic heterocycles. The lowest BCUT2D eigenvalue weighted by molar-refractivity contribution is -0.169. The van der Waals surface area contributed by atoms with Gasteiger partial charge in [0.1, 0.15) is 11.1 Å². The molecule has 0 atom stereocenters. The summed E-state index contributed by atoms with van der Waals surface area (Å²) >= 11 is 0. The molecule has 1 heterocycles. The van der Waals surface area contributed by atoms with Gasteiger partial charge in [-0.3, -0.25) is 4.79 Å². The molecule has 0 saturated heterocycles. The number of halogens is 3. The summed E-state index contributed by atoms with van der Waals surface area (Å²) in [6.45, 7) is 0. The topological polar surface area (TPSA) is 63.8 Å². The molecule has 1 amide bonds. The van der Waals surface area contributed by atoms with E-state index in [0.717, 1.165) is 6.20 Å². The van der Waals surface area contributed by atoms with Crippen molar-refractivity contribution in [2.75, 3.05) is 7.11 Å². The van der Waals surface area contributed by atoms with Crippen molar-refractivity contribution >= 4 is 5.91 Å². The first-order valence-electron chi connectivity index (χ1n) is 5.37. The number of alkyl halides is 3. The second-order valence-electron chi connectivity index (χ2n) is 3.86. The van der Waals surface area contributed by atoms with Gasteiger partial charge in [-0.05, 0) is 17.7 Å². The van der Waals surface area contributed by atoms with Crippen LogP contribution in [0, 0.1) is 0 Å². The number of nitrogens with zero attached hydrogens (tertiary/aromatic N) is 2. The van der Waals surface area contributed by atoms with Crippen molar-refractivity contribution < 1.29 is 27.9 Å². The summed E-state index contributed by atoms with van der Waals surface area (Å²) in [6.07, 6.45) is -2.64. The standard InChI is InChI=1S/C12H9F3N2O3/c1-20-9-3-2-7-4-5-17(19)6-8(7)10(9)16-11(18)12(13,14)15/h2-6,19H,1H3. The first-order chi connectivity index (χ1) is 9.32. The highest BCUT2D eigenvalue weighted by atomic mass is 19.4. The van der Waals surface area contributed by atoms with Crippen LogP contribution in [0.25, 0.3) is 11.1 Å². The molecule has 106 valence electrons. The second-order valence-corrected chi connectivity index (χ2v) is 3.86. The number of fused-ring (bicyclic) bond motifs is 1. The molecule has 1 aliphatic carbocycles. The SMILES string of the molecule is COc1ccc2ccn(O)cc-2c1=NC(=O)C(F)(F)F. The highest BCUT2D eigenvalue weighted by molar-refractivity contribution is 5.83. The zero-order valence-corrected chi connectivity index (χ0v) is 10.2. The van der Waals surface area contributed by atoms with Gasteiger partial charge in [0.15, 0.2) is 0 Å². The summed E-state index contributed by atoms with van der Waals surface area (Å²) in [5.74, 6) is -2.24. The summed E-state index contributed by atoms with van der Waals surface area (Å²) in [6, 6.07) is 4.43. The Balaban J connectivity index is 2.76. The molecule has 0 unspecified atom stereocenters. The van der Waals surface area contributed by atoms with Gasteiger partial charge in [0.2, 0.25) is 0 Å². The maximum atomic E-state index is 12.3. The number of carbonyl (C=O) groups is 1. The van der Waals surface area contributed by atoms with Gasteiger partial charge in [0.25, 0.3) is 0 Å². The third kappa shape index (κ3) is 2.58. The maximum Gasteiger partial charge on any atom is 0.473 e. The van der Waals surface area contributed by atoms with Crippen LogP contribution in [0.1, 0.15) is 0 Å². The van der Waals surface area contributed by atoms with Crippen LogP contribution in [-0.2, 0) is 4.79 Å². The van der Waals surface area contributed by atoms with Crippen LogP contribution in [0.2, 0.25) is 0 Å². The number of methoxy groups -OCH3 is 1. The molecule has 8 heteroatoms. The molecule has 0 bridgehead atoms. The highest BCUT2D eigenvalue weighted by Gasteiger charge is 2.38. The number of carbonyl (C=O) groups excluding carboxylic acids is 1. The summed E-state index contributed by atoms with van der Waals surface area (Å²) in [4.78, 5) is 14.1. The lowest BCUT2D eigenvalue weighted by atomic mass is 10.1. The smallest absolute Gasteiger partial charge is 0.473 e. The van der Waals surface area contributed by atoms with E-state index in [9.17, 15) is 23.2 Å². The number of hydrogen-bond donors (Lipinski definition) is 1. The predicted octanol–water partition coefficient (Wildman–Crippen LogP) is 1.83. The molecular weight excluding hydrogens is 277 g/mol. The average molecular weight is 286 g/mol. The Hall–Kier alpha value is -2.51. The molecule has 1 N–H and O–H groups in total. The largest absolute Gasteiger partial charge is 0.494 e. The van der Waals surface area contributed by atoms with Gasteiger partial charge in [-0.1, -0.05) is 6.07 Å². The highest BCUT2D eigenvalue weighted by Crippen LogP contribution is 2.22. The predicted molar refractivity (Wildman–Crippen MR) is 61.4 cm³/mol. The number of pyridine rings is 1. The Morgan fingerprint density at radius 2 is 2.05 bits per heavy atom. The van der Waals surface area contributed by atoms with Gasteiger partial charge in [-0.2, -0.15) is 13.2 Å². The van der Waals surface area contributed by atoms with Gasteiger partial charge < -0.3 is 9.94 Å². The molecule has 2 aliphatic rings. The van der Waals surface area contributed by atoms with E-state index in [-0.39, 0.29) is 16.7 Å². The maximum absolute atomic E-state index is 12.3. The van der Waals surface area contributed by atoms with E-state index in [1.54, 1.807) is 6.07 Å². The third-order valence-electron chi connectivity index (χ3n) is 2.56. The van der Waals surface area contributed by atoms with Crippen LogP contribution in [0.3, 0.4) is 0 Å². The molecule has 0 aromatic carbocycles. The quantitative estimate of drug-likeness (QED) is 0.813. The van der Waals surface area contributed by atoms with Gasteiger partial charge >= 0.3 is 12.1 Å². The fourth-order valence-electron chi connectivity index (χ4n) is 1.66. The number of rotatable bonds is 1. The minimum Gasteiger partial charge on any atom is -0.494 e. The Morgan fingerprint density at radius 1 is 1.35 bits per heavy atom. The number of ether oxygens (including phenoxy) is 1. The Morgan fingerprint density at radius 3 is 2.65 bits per heavy atom. The van der Waals surface area contributed by atoms with Crippen LogP contribution in [0.15, 0.2) is 35.6 Å². The van der Waals surface area contributed by atoms with Crippen LogP contribution in [-0.4, -0.2) is 29.1 Å². The molecular formula is C12H9F3N2O3. The minimum atomic E-state index is -5.07. The number of amides is 1. The molecule has 0 aromatic rings. The summed E-state index contributed by atoms with van der Waals surface area (Å²) in [7, 11) is 1.24. The Kier molecular flexibility index (Phi) is 3.39. The Bertz CT molecular complexity index is 691. The summed E-state index contributed by atoms with van der Waals surface area (Å²) < 4.78 is 42.5. The van der Waals surface area contributed by atoms with Crippen molar-refractivity contribution in [2.45, 2.75) is 6.18 Å². The van der Waals surface area contributed by atoms with Crippen molar-refractivity contribution in [1.29, 1.82) is 0 Å². The van der Waals surface area contributed by atoms with Crippen molar-refractivity contribution in [1.82, 2.24) is 4.73 Å². The van der Waals surface area contributed by atoms with E-state index in [1.165, 1.54) is 25.4 Å². The average Bonchev–Trinajstić information content (AvgIpc) is 2.38. The lowest BCUT2D eigenvalue weighted by Gasteiger charge is -2.10. The molecule has 20 heavy (non-hydrogen) atoms. The molecule has 0 aromatic heterocycles. The first kappa shape index (κ1) is 13.9. The van der Waals surface area contributed by atoms with Gasteiger partial charge in [-0.15, -0.1) is 0 Å². The van der Waals surface area contributed by atoms with Crippen LogP contribution >= 0.6 is 0 Å². The van der Waals surface area contributed by atoms with E-state index >= 15 is 0 Å². The lowest BCUT2D eigenvalue weighted by Crippen LogP contribution is -2.24. The van der Waals surface area contributed by atoms with E-state index < -0.39 is 12.1 Å². The van der Waals surface area contributed by atoms with Crippen molar-refractivity contribution in [2.24, 2.45) is 4.99 Å². The van der Waals surface area contributed by atoms with Gasteiger partial charge in [0, 0.05) is 11.8 Å². The van der Waals surface area contributed by atoms with Gasteiger partial charge in [0.05, 0.1) is 13.3 Å². The van der Waals surface area contributed by atoms with Crippen molar-refractivity contribution in [3.8, 4) is 16.9 Å². The Labute approximate surface area is 110 Å². The number of hydrogen-bond acceptors (Lipinski definition) is 3. The summed E-state index contributed by atoms with van der Waals surface area (Å²) in [5, 5.41) is 9.06. The van der Waals surface area contributed by atoms with Crippen molar-refractivity contribution in [3.63, 3.8) is 0 Å². The fourth-order valence-corrected chi connectivity index (χ4v) is 1.66. The summed E-state index contributed by atoms with van der Waals surface area (Å²) in [5.41, 5.74) is 0.664. The van der Waals surface area contributed by atoms with Crippen molar-refractivity contribution in [3.05, 3.63) is 36.0 Å². The third-order valence-corrected chi connectivity index (χ3v) is 2.56. The second kappa shape index (κ2) is 4.87. The first-order valence-corrected chi connectivity index (χ1v) is 5.37. The molecule has 2 rings (SSSR count). The zero-order valence-electron chi connectivity index (χ0n) is 10.2. The van der Waals surface area contributed by atoms with Crippen LogP contribution < -0.4 is 10.1 Å². The van der Waals surface area contributed by atoms with Crippen LogP contribution in [0.5, 0.6) is 5.75 Å². The normalized spacial score (nSPS) is 12.7. The van der Waals surface area contributed by atoms with E-state index in [0.29, 0.717) is 10.3 Å². The minimum absolute atomic E-state index is 0.00120.